The van der Waals surface area contributed by atoms with E-state index in [1.165, 1.54) is 22.0 Å². The lowest BCUT2D eigenvalue weighted by Crippen LogP contribution is -2.26. The molecule has 0 spiro atoms. The number of benzene rings is 1. The number of aromatic amines is 1. The maximum atomic E-state index is 5.20. The van der Waals surface area contributed by atoms with Crippen molar-refractivity contribution in [1.82, 2.24) is 15.5 Å². The Morgan fingerprint density at radius 2 is 2.09 bits per heavy atom. The second kappa shape index (κ2) is 6.36. The molecule has 3 rings (SSSR count). The number of nitrogens with zero attached hydrogens (tertiary/aromatic N) is 1. The van der Waals surface area contributed by atoms with Crippen LogP contribution >= 0.6 is 0 Å². The molecule has 0 unspecified atom stereocenters. The van der Waals surface area contributed by atoms with Gasteiger partial charge in [0.25, 0.3) is 0 Å². The first kappa shape index (κ1) is 14.9. The number of H-pyrrole nitrogens is 1. The van der Waals surface area contributed by atoms with E-state index in [1.807, 2.05) is 13.8 Å². The molecule has 3 aromatic rings. The maximum absolute atomic E-state index is 5.20. The molecule has 0 aliphatic rings. The molecule has 4 nitrogen and oxygen atoms in total. The Morgan fingerprint density at radius 1 is 1.27 bits per heavy atom. The van der Waals surface area contributed by atoms with Gasteiger partial charge in [0, 0.05) is 35.2 Å². The van der Waals surface area contributed by atoms with Crippen molar-refractivity contribution < 1.29 is 4.52 Å². The van der Waals surface area contributed by atoms with Gasteiger partial charge in [-0.2, -0.15) is 0 Å². The van der Waals surface area contributed by atoms with Crippen LogP contribution in [0.25, 0.3) is 10.9 Å². The van der Waals surface area contributed by atoms with E-state index in [4.69, 9.17) is 4.52 Å². The van der Waals surface area contributed by atoms with Gasteiger partial charge in [-0.3, -0.25) is 0 Å². The summed E-state index contributed by atoms with van der Waals surface area (Å²) in [6.07, 6.45) is 4.30. The van der Waals surface area contributed by atoms with Gasteiger partial charge in [-0.15, -0.1) is 0 Å². The summed E-state index contributed by atoms with van der Waals surface area (Å²) in [6.45, 7) is 7.00. The Labute approximate surface area is 130 Å². The van der Waals surface area contributed by atoms with Gasteiger partial charge >= 0.3 is 0 Å². The highest BCUT2D eigenvalue weighted by Crippen LogP contribution is 2.19. The SMILES string of the molecule is Cc1noc(C)c1CN[C@@H](C)CCc1c[nH]c2ccccc12. The average Bonchev–Trinajstić information content (AvgIpc) is 3.07. The highest BCUT2D eigenvalue weighted by atomic mass is 16.5. The van der Waals surface area contributed by atoms with Crippen molar-refractivity contribution in [3.8, 4) is 0 Å². The molecule has 0 saturated heterocycles. The number of fused-ring (bicyclic) bond motifs is 1. The lowest BCUT2D eigenvalue weighted by Gasteiger charge is -2.13. The minimum atomic E-state index is 0.447. The number of hydrogen-bond acceptors (Lipinski definition) is 3. The van der Waals surface area contributed by atoms with E-state index in [0.29, 0.717) is 6.04 Å². The molecule has 1 aromatic carbocycles. The number of aromatic nitrogens is 2. The van der Waals surface area contributed by atoms with Crippen LogP contribution in [-0.2, 0) is 13.0 Å². The molecule has 1 atom stereocenters. The predicted molar refractivity (Wildman–Crippen MR) is 88.9 cm³/mol. The van der Waals surface area contributed by atoms with E-state index in [-0.39, 0.29) is 0 Å². The van der Waals surface area contributed by atoms with E-state index in [0.717, 1.165) is 30.8 Å². The van der Waals surface area contributed by atoms with Crippen LogP contribution in [0.3, 0.4) is 0 Å². The molecule has 0 saturated carbocycles. The first-order valence-electron chi connectivity index (χ1n) is 7.85. The molecule has 0 amide bonds. The second-order valence-corrected chi connectivity index (χ2v) is 5.98. The van der Waals surface area contributed by atoms with Gasteiger partial charge in [0.1, 0.15) is 5.76 Å². The quantitative estimate of drug-likeness (QED) is 0.726. The van der Waals surface area contributed by atoms with Crippen LogP contribution in [0.15, 0.2) is 35.0 Å². The highest BCUT2D eigenvalue weighted by Gasteiger charge is 2.11. The fraction of sp³-hybridized carbons (Fsp3) is 0.389. The summed E-state index contributed by atoms with van der Waals surface area (Å²) in [5.74, 6) is 0.911. The molecule has 0 fully saturated rings. The van der Waals surface area contributed by atoms with Crippen LogP contribution in [-0.4, -0.2) is 16.2 Å². The highest BCUT2D eigenvalue weighted by molar-refractivity contribution is 5.82. The van der Waals surface area contributed by atoms with E-state index in [2.05, 4.69) is 52.8 Å². The zero-order valence-electron chi connectivity index (χ0n) is 13.4. The Balaban J connectivity index is 1.55. The average molecular weight is 297 g/mol. The lowest BCUT2D eigenvalue weighted by atomic mass is 10.0. The Kier molecular flexibility index (Phi) is 4.29. The molecule has 116 valence electrons. The van der Waals surface area contributed by atoms with Gasteiger partial charge < -0.3 is 14.8 Å². The number of nitrogens with one attached hydrogen (secondary N) is 2. The van der Waals surface area contributed by atoms with Gasteiger partial charge in [0.05, 0.1) is 5.69 Å². The molecule has 22 heavy (non-hydrogen) atoms. The summed E-state index contributed by atoms with van der Waals surface area (Å²) in [5.41, 5.74) is 4.77. The Bertz CT molecular complexity index is 737. The summed E-state index contributed by atoms with van der Waals surface area (Å²) in [7, 11) is 0. The summed E-state index contributed by atoms with van der Waals surface area (Å²) in [6, 6.07) is 8.92. The van der Waals surface area contributed by atoms with E-state index >= 15 is 0 Å². The van der Waals surface area contributed by atoms with Crippen molar-refractivity contribution in [2.45, 2.75) is 46.2 Å². The normalized spacial score (nSPS) is 12.9. The van der Waals surface area contributed by atoms with Crippen LogP contribution in [0.4, 0.5) is 0 Å². The van der Waals surface area contributed by atoms with Gasteiger partial charge in [0.2, 0.25) is 0 Å². The lowest BCUT2D eigenvalue weighted by molar-refractivity contribution is 0.391. The van der Waals surface area contributed by atoms with E-state index < -0.39 is 0 Å². The van der Waals surface area contributed by atoms with Crippen molar-refractivity contribution in [2.75, 3.05) is 0 Å². The smallest absolute Gasteiger partial charge is 0.138 e. The van der Waals surface area contributed by atoms with E-state index in [9.17, 15) is 0 Å². The van der Waals surface area contributed by atoms with Crippen LogP contribution in [0.5, 0.6) is 0 Å². The molecule has 0 aliphatic heterocycles. The molecule has 4 heteroatoms. The molecular weight excluding hydrogens is 274 g/mol. The van der Waals surface area contributed by atoms with Crippen LogP contribution < -0.4 is 5.32 Å². The molecule has 2 N–H and O–H groups in total. The fourth-order valence-corrected chi connectivity index (χ4v) is 2.84. The van der Waals surface area contributed by atoms with Crippen LogP contribution in [0.2, 0.25) is 0 Å². The summed E-state index contributed by atoms with van der Waals surface area (Å²) < 4.78 is 5.20. The first-order chi connectivity index (χ1) is 10.6. The molecular formula is C18H23N3O. The topological polar surface area (TPSA) is 53.9 Å². The van der Waals surface area contributed by atoms with Gasteiger partial charge in [-0.25, -0.2) is 0 Å². The predicted octanol–water partition coefficient (Wildman–Crippen LogP) is 3.88. The second-order valence-electron chi connectivity index (χ2n) is 5.98. The first-order valence-corrected chi connectivity index (χ1v) is 7.85. The van der Waals surface area contributed by atoms with Gasteiger partial charge in [-0.05, 0) is 45.2 Å². The third-order valence-corrected chi connectivity index (χ3v) is 4.33. The molecule has 0 radical (unpaired) electrons. The van der Waals surface area contributed by atoms with Gasteiger partial charge in [-0.1, -0.05) is 23.4 Å². The fourth-order valence-electron chi connectivity index (χ4n) is 2.84. The largest absolute Gasteiger partial charge is 0.361 e. The monoisotopic (exact) mass is 297 g/mol. The zero-order valence-corrected chi connectivity index (χ0v) is 13.4. The minimum absolute atomic E-state index is 0.447. The molecule has 0 aliphatic carbocycles. The van der Waals surface area contributed by atoms with Crippen molar-refractivity contribution in [2.24, 2.45) is 0 Å². The van der Waals surface area contributed by atoms with Crippen LogP contribution in [0, 0.1) is 13.8 Å². The summed E-state index contributed by atoms with van der Waals surface area (Å²) in [4.78, 5) is 3.34. The number of para-hydroxylation sites is 1. The summed E-state index contributed by atoms with van der Waals surface area (Å²) >= 11 is 0. The van der Waals surface area contributed by atoms with Crippen LogP contribution in [0.1, 0.15) is 35.9 Å². The van der Waals surface area contributed by atoms with Crippen molar-refractivity contribution in [3.63, 3.8) is 0 Å². The zero-order chi connectivity index (χ0) is 15.5. The Morgan fingerprint density at radius 3 is 2.86 bits per heavy atom. The minimum Gasteiger partial charge on any atom is -0.361 e. The molecule has 0 bridgehead atoms. The summed E-state index contributed by atoms with van der Waals surface area (Å²) in [5, 5.41) is 8.90. The van der Waals surface area contributed by atoms with Crippen molar-refractivity contribution in [1.29, 1.82) is 0 Å². The Hall–Kier alpha value is -2.07. The standard InChI is InChI=1S/C18H23N3O/c1-12(19-11-17-13(2)21-22-14(17)3)8-9-15-10-20-18-7-5-4-6-16(15)18/h4-7,10,12,19-20H,8-9,11H2,1-3H3/t12-/m0/s1. The third kappa shape index (κ3) is 3.07. The van der Waals surface area contributed by atoms with Gasteiger partial charge in [0.15, 0.2) is 0 Å². The number of aryl methyl sites for hydroxylation is 3. The maximum Gasteiger partial charge on any atom is 0.138 e. The number of hydrogen-bond donors (Lipinski definition) is 2. The molecule has 2 heterocycles. The number of rotatable bonds is 6. The van der Waals surface area contributed by atoms with Crippen molar-refractivity contribution >= 4 is 10.9 Å². The van der Waals surface area contributed by atoms with E-state index in [1.54, 1.807) is 0 Å². The third-order valence-electron chi connectivity index (χ3n) is 4.33. The van der Waals surface area contributed by atoms with Crippen molar-refractivity contribution in [3.05, 3.63) is 53.0 Å². The molecule has 2 aromatic heterocycles.